The minimum atomic E-state index is -4.08. The summed E-state index contributed by atoms with van der Waals surface area (Å²) < 4.78 is 37.5. The topological polar surface area (TPSA) is 72.9 Å². The minimum absolute atomic E-state index is 0.0491. The van der Waals surface area contributed by atoms with Crippen LogP contribution in [0.3, 0.4) is 0 Å². The molecule has 0 amide bonds. The Hall–Kier alpha value is -3.84. The molecule has 1 heterocycles. The second-order valence-corrected chi connectivity index (χ2v) is 11.3. The maximum Gasteiger partial charge on any atom is 0.339 e. The summed E-state index contributed by atoms with van der Waals surface area (Å²) in [4.78, 5) is 15.6. The van der Waals surface area contributed by atoms with E-state index in [1.807, 2.05) is 51.1 Å². The average Bonchev–Trinajstić information content (AvgIpc) is 2.88. The number of carbonyl (C=O) groups is 1. The van der Waals surface area contributed by atoms with Crippen molar-refractivity contribution in [3.8, 4) is 11.5 Å². The van der Waals surface area contributed by atoms with Gasteiger partial charge >= 0.3 is 10.1 Å². The third-order valence-corrected chi connectivity index (χ3v) is 7.64. The molecule has 3 aromatic rings. The van der Waals surface area contributed by atoms with Crippen molar-refractivity contribution in [3.05, 3.63) is 95.1 Å². The number of ether oxygens (including phenoxy) is 1. The number of fused-ring (bicyclic) bond motifs is 1. The Morgan fingerprint density at radius 2 is 1.63 bits per heavy atom. The molecule has 0 saturated carbocycles. The fourth-order valence-electron chi connectivity index (χ4n) is 4.21. The molecule has 6 nitrogen and oxygen atoms in total. The molecule has 0 radical (unpaired) electrons. The van der Waals surface area contributed by atoms with E-state index in [0.29, 0.717) is 16.9 Å². The summed E-state index contributed by atoms with van der Waals surface area (Å²) in [6.45, 7) is 11.7. The number of hydrogen-bond donors (Lipinski definition) is 0. The van der Waals surface area contributed by atoms with E-state index in [-0.39, 0.29) is 16.4 Å². The van der Waals surface area contributed by atoms with Crippen molar-refractivity contribution >= 4 is 33.7 Å². The first kappa shape index (κ1) is 27.2. The molecule has 0 N–H and O–H groups in total. The molecule has 1 aliphatic heterocycles. The number of benzene rings is 3. The molecule has 1 aliphatic rings. The van der Waals surface area contributed by atoms with Crippen LogP contribution in [0, 0.1) is 6.92 Å². The minimum Gasteiger partial charge on any atom is -0.482 e. The number of nitrogens with zero attached hydrogens (tertiary/aromatic N) is 1. The van der Waals surface area contributed by atoms with Gasteiger partial charge in [-0.05, 0) is 94.8 Å². The first-order chi connectivity index (χ1) is 18.0. The molecule has 198 valence electrons. The molecule has 0 aromatic heterocycles. The predicted octanol–water partition coefficient (Wildman–Crippen LogP) is 6.69. The van der Waals surface area contributed by atoms with Crippen LogP contribution in [-0.4, -0.2) is 32.9 Å². The summed E-state index contributed by atoms with van der Waals surface area (Å²) in [6, 6.07) is 17.5. The number of rotatable bonds is 9. The third kappa shape index (κ3) is 6.00. The summed E-state index contributed by atoms with van der Waals surface area (Å²) in [5.41, 5.74) is 3.02. The van der Waals surface area contributed by atoms with Crippen LogP contribution < -0.4 is 13.8 Å². The molecule has 0 bridgehead atoms. The van der Waals surface area contributed by atoms with Crippen LogP contribution in [0.25, 0.3) is 12.2 Å². The molecular formula is C31H33NO5S. The number of ketones is 1. The Morgan fingerprint density at radius 3 is 2.26 bits per heavy atom. The second-order valence-electron chi connectivity index (χ2n) is 9.70. The van der Waals surface area contributed by atoms with Crippen LogP contribution in [0.4, 0.5) is 5.69 Å². The Labute approximate surface area is 225 Å². The van der Waals surface area contributed by atoms with Crippen LogP contribution in [-0.2, 0) is 10.1 Å². The van der Waals surface area contributed by atoms with Gasteiger partial charge in [-0.15, -0.1) is 0 Å². The molecule has 3 aromatic carbocycles. The lowest BCUT2D eigenvalue weighted by Crippen LogP contribution is -2.29. The van der Waals surface area contributed by atoms with Gasteiger partial charge < -0.3 is 13.8 Å². The zero-order valence-electron chi connectivity index (χ0n) is 22.4. The van der Waals surface area contributed by atoms with Crippen LogP contribution in [0.5, 0.6) is 11.5 Å². The molecule has 0 unspecified atom stereocenters. The van der Waals surface area contributed by atoms with E-state index in [1.165, 1.54) is 24.3 Å². The fourth-order valence-corrected chi connectivity index (χ4v) is 5.16. The molecule has 0 spiro atoms. The van der Waals surface area contributed by atoms with E-state index < -0.39 is 15.7 Å². The van der Waals surface area contributed by atoms with Gasteiger partial charge in [-0.3, -0.25) is 4.79 Å². The Kier molecular flexibility index (Phi) is 7.78. The van der Waals surface area contributed by atoms with E-state index in [9.17, 15) is 13.2 Å². The zero-order chi connectivity index (χ0) is 27.5. The molecule has 0 atom stereocenters. The van der Waals surface area contributed by atoms with Crippen LogP contribution in [0.15, 0.2) is 77.7 Å². The van der Waals surface area contributed by atoms with Gasteiger partial charge in [-0.2, -0.15) is 8.42 Å². The van der Waals surface area contributed by atoms with Gasteiger partial charge in [-0.1, -0.05) is 35.9 Å². The maximum absolute atomic E-state index is 13.3. The number of allylic oxidation sites excluding steroid dienone is 1. The zero-order valence-corrected chi connectivity index (χ0v) is 23.2. The Morgan fingerprint density at radius 1 is 0.974 bits per heavy atom. The second kappa shape index (κ2) is 10.9. The highest BCUT2D eigenvalue weighted by Crippen LogP contribution is 2.41. The standard InChI is InChI=1S/C31H33NO5S/c1-6-32(7-2)24-13-10-23(11-14-24)12-18-28(33)26-17-19-29(27-20-21-31(4,5)36-30(26)27)37-38(34,35)25-15-8-22(3)9-16-25/h8-21H,6-7H2,1-5H3. The number of hydrogen-bond acceptors (Lipinski definition) is 6. The Bertz CT molecular complexity index is 1480. The number of aryl methyl sites for hydroxylation is 1. The maximum atomic E-state index is 13.3. The lowest BCUT2D eigenvalue weighted by Gasteiger charge is -2.29. The van der Waals surface area contributed by atoms with Crippen molar-refractivity contribution in [1.82, 2.24) is 0 Å². The smallest absolute Gasteiger partial charge is 0.339 e. The first-order valence-corrected chi connectivity index (χ1v) is 14.1. The van der Waals surface area contributed by atoms with Crippen molar-refractivity contribution in [3.63, 3.8) is 0 Å². The first-order valence-electron chi connectivity index (χ1n) is 12.7. The quantitative estimate of drug-likeness (QED) is 0.174. The van der Waals surface area contributed by atoms with E-state index in [1.54, 1.807) is 30.4 Å². The monoisotopic (exact) mass is 531 g/mol. The largest absolute Gasteiger partial charge is 0.482 e. The molecular weight excluding hydrogens is 498 g/mol. The SMILES string of the molecule is CCN(CC)c1ccc(C=CC(=O)c2ccc(OS(=O)(=O)c3ccc(C)cc3)c3c2OC(C)(C)C=C3)cc1. The van der Waals surface area contributed by atoms with Crippen molar-refractivity contribution in [2.75, 3.05) is 18.0 Å². The summed E-state index contributed by atoms with van der Waals surface area (Å²) in [6.07, 6.45) is 6.81. The lowest BCUT2D eigenvalue weighted by molar-refractivity contribution is 0.103. The molecule has 4 rings (SSSR count). The number of carbonyl (C=O) groups excluding carboxylic acids is 1. The van der Waals surface area contributed by atoms with Gasteiger partial charge in [0.1, 0.15) is 16.2 Å². The van der Waals surface area contributed by atoms with Crippen LogP contribution >= 0.6 is 0 Å². The van der Waals surface area contributed by atoms with Crippen molar-refractivity contribution < 1.29 is 22.1 Å². The van der Waals surface area contributed by atoms with Gasteiger partial charge in [0.25, 0.3) is 0 Å². The van der Waals surface area contributed by atoms with Crippen molar-refractivity contribution in [2.24, 2.45) is 0 Å². The highest BCUT2D eigenvalue weighted by molar-refractivity contribution is 7.87. The highest BCUT2D eigenvalue weighted by atomic mass is 32.2. The normalized spacial score (nSPS) is 14.1. The van der Waals surface area contributed by atoms with Gasteiger partial charge in [-0.25, -0.2) is 0 Å². The summed E-state index contributed by atoms with van der Waals surface area (Å²) in [7, 11) is -4.08. The van der Waals surface area contributed by atoms with E-state index in [2.05, 4.69) is 18.7 Å². The Balaban J connectivity index is 1.64. The lowest BCUT2D eigenvalue weighted by atomic mass is 9.97. The summed E-state index contributed by atoms with van der Waals surface area (Å²) in [5, 5.41) is 0. The molecule has 0 aliphatic carbocycles. The van der Waals surface area contributed by atoms with Crippen LogP contribution in [0.1, 0.15) is 54.7 Å². The third-order valence-electron chi connectivity index (χ3n) is 6.40. The average molecular weight is 532 g/mol. The van der Waals surface area contributed by atoms with Gasteiger partial charge in [0.2, 0.25) is 0 Å². The van der Waals surface area contributed by atoms with Crippen molar-refractivity contribution in [1.29, 1.82) is 0 Å². The molecule has 0 saturated heterocycles. The van der Waals surface area contributed by atoms with Crippen molar-refractivity contribution in [2.45, 2.75) is 45.1 Å². The molecule has 38 heavy (non-hydrogen) atoms. The fraction of sp³-hybridized carbons (Fsp3) is 0.258. The molecule has 7 heteroatoms. The van der Waals surface area contributed by atoms with E-state index in [0.717, 1.165) is 29.9 Å². The number of anilines is 1. The van der Waals surface area contributed by atoms with Gasteiger partial charge in [0.05, 0.1) is 11.1 Å². The van der Waals surface area contributed by atoms with Crippen LogP contribution in [0.2, 0.25) is 0 Å². The van der Waals surface area contributed by atoms with Gasteiger partial charge in [0.15, 0.2) is 11.5 Å². The molecule has 0 fully saturated rings. The summed E-state index contributed by atoms with van der Waals surface area (Å²) >= 11 is 0. The van der Waals surface area contributed by atoms with E-state index >= 15 is 0 Å². The predicted molar refractivity (Wildman–Crippen MR) is 153 cm³/mol. The summed E-state index contributed by atoms with van der Waals surface area (Å²) in [5.74, 6) is 0.133. The van der Waals surface area contributed by atoms with Gasteiger partial charge in [0, 0.05) is 18.8 Å². The van der Waals surface area contributed by atoms with E-state index in [4.69, 9.17) is 8.92 Å². The highest BCUT2D eigenvalue weighted by Gasteiger charge is 2.29.